The third kappa shape index (κ3) is 1.45. The Bertz CT molecular complexity index is 90.6. The molecule has 0 N–H and O–H groups in total. The lowest BCUT2D eigenvalue weighted by Crippen LogP contribution is -2.11. The molecule has 0 spiro atoms. The van der Waals surface area contributed by atoms with Gasteiger partial charge in [-0.2, -0.15) is 0 Å². The van der Waals surface area contributed by atoms with Crippen molar-refractivity contribution in [3.63, 3.8) is 0 Å². The highest BCUT2D eigenvalue weighted by molar-refractivity contribution is 4.75. The summed E-state index contributed by atoms with van der Waals surface area (Å²) in [7, 11) is 0. The Morgan fingerprint density at radius 3 is 2.33 bits per heavy atom. The quantitative estimate of drug-likeness (QED) is 0.526. The van der Waals surface area contributed by atoms with E-state index in [1.807, 2.05) is 0 Å². The van der Waals surface area contributed by atoms with Crippen LogP contribution in [0.1, 0.15) is 33.6 Å². The van der Waals surface area contributed by atoms with Gasteiger partial charge in [0, 0.05) is 0 Å². The fraction of sp³-hybridized carbons (Fsp3) is 1.00. The molecule has 1 heteroatoms. The van der Waals surface area contributed by atoms with E-state index in [2.05, 4.69) is 20.8 Å². The molecule has 0 aromatic carbocycles. The summed E-state index contributed by atoms with van der Waals surface area (Å²) in [6, 6.07) is 0. The molecule has 0 saturated carbocycles. The van der Waals surface area contributed by atoms with Gasteiger partial charge in [0.25, 0.3) is 0 Å². The van der Waals surface area contributed by atoms with Crippen LogP contribution in [0, 0.1) is 5.92 Å². The van der Waals surface area contributed by atoms with Crippen LogP contribution in [0.3, 0.4) is 0 Å². The molecule has 1 aliphatic rings. The molecule has 54 valence electrons. The van der Waals surface area contributed by atoms with Gasteiger partial charge >= 0.3 is 0 Å². The van der Waals surface area contributed by atoms with Crippen molar-refractivity contribution in [2.24, 2.45) is 5.92 Å². The van der Waals surface area contributed by atoms with Crippen LogP contribution >= 0.6 is 0 Å². The van der Waals surface area contributed by atoms with Crippen molar-refractivity contribution in [1.82, 2.24) is 0 Å². The molecule has 3 atom stereocenters. The van der Waals surface area contributed by atoms with Crippen LogP contribution in [0.15, 0.2) is 0 Å². The standard InChI is InChI=1S/C8H16O/c1-4-8-6(2)5-7(3)9-8/h6-8H,4-5H2,1-3H3/t6?,7-,8?/m0/s1. The van der Waals surface area contributed by atoms with Crippen molar-refractivity contribution in [1.29, 1.82) is 0 Å². The van der Waals surface area contributed by atoms with Gasteiger partial charge in [-0.3, -0.25) is 0 Å². The average molecular weight is 128 g/mol. The Balaban J connectivity index is 2.38. The van der Waals surface area contributed by atoms with Crippen molar-refractivity contribution < 1.29 is 4.74 Å². The van der Waals surface area contributed by atoms with Crippen LogP contribution in [-0.2, 0) is 4.74 Å². The monoisotopic (exact) mass is 128 g/mol. The van der Waals surface area contributed by atoms with Crippen molar-refractivity contribution in [2.75, 3.05) is 0 Å². The molecule has 0 radical (unpaired) electrons. The van der Waals surface area contributed by atoms with Crippen molar-refractivity contribution >= 4 is 0 Å². The van der Waals surface area contributed by atoms with Gasteiger partial charge in [0.2, 0.25) is 0 Å². The second-order valence-corrected chi connectivity index (χ2v) is 3.11. The lowest BCUT2D eigenvalue weighted by molar-refractivity contribution is 0.0438. The molecule has 9 heavy (non-hydrogen) atoms. The first-order valence-corrected chi connectivity index (χ1v) is 3.89. The van der Waals surface area contributed by atoms with Gasteiger partial charge in [0.05, 0.1) is 12.2 Å². The summed E-state index contributed by atoms with van der Waals surface area (Å²) in [5.41, 5.74) is 0. The molecule has 0 aliphatic carbocycles. The first-order chi connectivity index (χ1) is 4.24. The largest absolute Gasteiger partial charge is 0.375 e. The summed E-state index contributed by atoms with van der Waals surface area (Å²) in [6.07, 6.45) is 3.47. The average Bonchev–Trinajstić information content (AvgIpc) is 2.10. The van der Waals surface area contributed by atoms with E-state index in [9.17, 15) is 0 Å². The molecule has 0 bridgehead atoms. The maximum atomic E-state index is 5.62. The van der Waals surface area contributed by atoms with E-state index in [4.69, 9.17) is 4.74 Å². The molecular weight excluding hydrogens is 112 g/mol. The Hall–Kier alpha value is -0.0400. The van der Waals surface area contributed by atoms with Gasteiger partial charge in [-0.25, -0.2) is 0 Å². The molecule has 1 heterocycles. The Morgan fingerprint density at radius 2 is 2.11 bits per heavy atom. The van der Waals surface area contributed by atoms with Crippen LogP contribution < -0.4 is 0 Å². The Labute approximate surface area is 57.4 Å². The van der Waals surface area contributed by atoms with E-state index in [0.29, 0.717) is 12.2 Å². The first-order valence-electron chi connectivity index (χ1n) is 3.89. The predicted molar refractivity (Wildman–Crippen MR) is 38.4 cm³/mol. The SMILES string of the molecule is CCC1O[C@@H](C)CC1C. The zero-order valence-electron chi connectivity index (χ0n) is 6.55. The number of ether oxygens (including phenoxy) is 1. The zero-order chi connectivity index (χ0) is 6.85. The summed E-state index contributed by atoms with van der Waals surface area (Å²) in [5.74, 6) is 0.782. The van der Waals surface area contributed by atoms with Crippen molar-refractivity contribution in [3.05, 3.63) is 0 Å². The maximum absolute atomic E-state index is 5.62. The summed E-state index contributed by atoms with van der Waals surface area (Å²) in [6.45, 7) is 6.63. The van der Waals surface area contributed by atoms with E-state index in [0.717, 1.165) is 5.92 Å². The molecule has 1 rings (SSSR count). The molecule has 1 saturated heterocycles. The molecule has 0 amide bonds. The summed E-state index contributed by atoms with van der Waals surface area (Å²) < 4.78 is 5.62. The van der Waals surface area contributed by atoms with Crippen molar-refractivity contribution in [2.45, 2.75) is 45.8 Å². The normalized spacial score (nSPS) is 43.7. The highest BCUT2D eigenvalue weighted by Crippen LogP contribution is 2.27. The fourth-order valence-corrected chi connectivity index (χ4v) is 1.66. The van der Waals surface area contributed by atoms with E-state index < -0.39 is 0 Å². The summed E-state index contributed by atoms with van der Waals surface area (Å²) in [5, 5.41) is 0. The van der Waals surface area contributed by atoms with Crippen molar-refractivity contribution in [3.8, 4) is 0 Å². The molecule has 1 fully saturated rings. The second-order valence-electron chi connectivity index (χ2n) is 3.11. The first kappa shape index (κ1) is 7.07. The molecule has 0 aromatic heterocycles. The lowest BCUT2D eigenvalue weighted by atomic mass is 10.0. The van der Waals surface area contributed by atoms with Crippen LogP contribution in [0.25, 0.3) is 0 Å². The van der Waals surface area contributed by atoms with Gasteiger partial charge < -0.3 is 4.74 Å². The summed E-state index contributed by atoms with van der Waals surface area (Å²) in [4.78, 5) is 0. The van der Waals surface area contributed by atoms with Crippen LogP contribution in [0.2, 0.25) is 0 Å². The van der Waals surface area contributed by atoms with Gasteiger partial charge in [-0.1, -0.05) is 13.8 Å². The van der Waals surface area contributed by atoms with E-state index in [-0.39, 0.29) is 0 Å². The molecule has 0 aromatic rings. The molecule has 2 unspecified atom stereocenters. The number of hydrogen-bond acceptors (Lipinski definition) is 1. The molecule has 1 aliphatic heterocycles. The topological polar surface area (TPSA) is 9.23 Å². The molecular formula is C8H16O. The smallest absolute Gasteiger partial charge is 0.0602 e. The highest BCUT2D eigenvalue weighted by Gasteiger charge is 2.27. The molecule has 1 nitrogen and oxygen atoms in total. The van der Waals surface area contributed by atoms with Gasteiger partial charge in [-0.15, -0.1) is 0 Å². The summed E-state index contributed by atoms with van der Waals surface area (Å²) >= 11 is 0. The predicted octanol–water partition coefficient (Wildman–Crippen LogP) is 2.21. The maximum Gasteiger partial charge on any atom is 0.0602 e. The third-order valence-electron chi connectivity index (χ3n) is 2.15. The van der Waals surface area contributed by atoms with Crippen LogP contribution in [-0.4, -0.2) is 12.2 Å². The van der Waals surface area contributed by atoms with Crippen LogP contribution in [0.5, 0.6) is 0 Å². The van der Waals surface area contributed by atoms with Gasteiger partial charge in [0.15, 0.2) is 0 Å². The minimum Gasteiger partial charge on any atom is -0.375 e. The zero-order valence-corrected chi connectivity index (χ0v) is 6.55. The number of hydrogen-bond donors (Lipinski definition) is 0. The Morgan fingerprint density at radius 1 is 1.44 bits per heavy atom. The van der Waals surface area contributed by atoms with Gasteiger partial charge in [-0.05, 0) is 25.7 Å². The minimum absolute atomic E-state index is 0.505. The minimum atomic E-state index is 0.505. The number of rotatable bonds is 1. The highest BCUT2D eigenvalue weighted by atomic mass is 16.5. The van der Waals surface area contributed by atoms with E-state index in [1.165, 1.54) is 12.8 Å². The lowest BCUT2D eigenvalue weighted by Gasteiger charge is -2.10. The third-order valence-corrected chi connectivity index (χ3v) is 2.15. The van der Waals surface area contributed by atoms with Gasteiger partial charge in [0.1, 0.15) is 0 Å². The fourth-order valence-electron chi connectivity index (χ4n) is 1.66. The Kier molecular flexibility index (Phi) is 2.12. The second kappa shape index (κ2) is 2.70. The van der Waals surface area contributed by atoms with Crippen LogP contribution in [0.4, 0.5) is 0 Å². The van der Waals surface area contributed by atoms with E-state index in [1.54, 1.807) is 0 Å². The van der Waals surface area contributed by atoms with E-state index >= 15 is 0 Å².